The molecule has 552 valence electrons. The average molecular weight is 1370 g/mol. The molecule has 0 spiro atoms. The van der Waals surface area contributed by atoms with Crippen LogP contribution in [0.2, 0.25) is 0 Å². The van der Waals surface area contributed by atoms with Crippen LogP contribution >= 0.6 is 15.6 Å². The summed E-state index contributed by atoms with van der Waals surface area (Å²) in [5.41, 5.74) is 0. The van der Waals surface area contributed by atoms with Crippen LogP contribution < -0.4 is 0 Å². The van der Waals surface area contributed by atoms with E-state index in [0.717, 1.165) is 114 Å². The minimum absolute atomic E-state index is 0.104. The van der Waals surface area contributed by atoms with Crippen LogP contribution in [0.5, 0.6) is 0 Å². The molecule has 0 radical (unpaired) electrons. The maximum absolute atomic E-state index is 13.1. The molecule has 19 heteroatoms. The second kappa shape index (κ2) is 63.5. The molecule has 0 rings (SSSR count). The fourth-order valence-electron chi connectivity index (χ4n) is 11.1. The minimum Gasteiger partial charge on any atom is -0.462 e. The van der Waals surface area contributed by atoms with Crippen molar-refractivity contribution in [1.82, 2.24) is 0 Å². The number of rotatable bonds is 71. The number of ether oxygens (including phenoxy) is 4. The highest BCUT2D eigenvalue weighted by Gasteiger charge is 2.30. The van der Waals surface area contributed by atoms with Crippen molar-refractivity contribution in [3.05, 3.63) is 0 Å². The molecule has 0 amide bonds. The molecule has 0 aromatic carbocycles. The first kappa shape index (κ1) is 91.1. The zero-order valence-electron chi connectivity index (χ0n) is 60.9. The van der Waals surface area contributed by atoms with Crippen molar-refractivity contribution < 1.29 is 80.2 Å². The highest BCUT2D eigenvalue weighted by atomic mass is 31.2. The summed E-state index contributed by atoms with van der Waals surface area (Å²) in [6.07, 6.45) is 47.1. The van der Waals surface area contributed by atoms with Gasteiger partial charge in [-0.1, -0.05) is 319 Å². The number of phosphoric ester groups is 2. The molecule has 0 saturated carbocycles. The van der Waals surface area contributed by atoms with E-state index in [-0.39, 0.29) is 25.7 Å². The quantitative estimate of drug-likeness (QED) is 0.0222. The number of unbranched alkanes of at least 4 members (excludes halogenated alkanes) is 35. The maximum atomic E-state index is 13.1. The van der Waals surface area contributed by atoms with Gasteiger partial charge in [0.05, 0.1) is 26.4 Å². The van der Waals surface area contributed by atoms with Gasteiger partial charge in [0.1, 0.15) is 19.3 Å². The number of carbonyl (C=O) groups is 4. The van der Waals surface area contributed by atoms with Crippen LogP contribution in [0.15, 0.2) is 0 Å². The summed E-state index contributed by atoms with van der Waals surface area (Å²) in [7, 11) is -9.91. The van der Waals surface area contributed by atoms with Gasteiger partial charge in [0.15, 0.2) is 12.2 Å². The van der Waals surface area contributed by atoms with Gasteiger partial charge >= 0.3 is 39.5 Å². The topological polar surface area (TPSA) is 237 Å². The Bertz CT molecular complexity index is 1840. The predicted octanol–water partition coefficient (Wildman–Crippen LogP) is 21.3. The fraction of sp³-hybridized carbons (Fsp3) is 0.946. The van der Waals surface area contributed by atoms with Gasteiger partial charge in [0, 0.05) is 25.7 Å². The number of phosphoric acid groups is 2. The van der Waals surface area contributed by atoms with Gasteiger partial charge < -0.3 is 33.8 Å². The molecule has 0 aliphatic heterocycles. The lowest BCUT2D eigenvalue weighted by atomic mass is 9.99. The van der Waals surface area contributed by atoms with Crippen molar-refractivity contribution in [2.45, 2.75) is 388 Å². The van der Waals surface area contributed by atoms with Gasteiger partial charge in [0.25, 0.3) is 0 Å². The Hall–Kier alpha value is -1.94. The molecule has 7 atom stereocenters. The first-order chi connectivity index (χ1) is 44.7. The van der Waals surface area contributed by atoms with Gasteiger partial charge in [0.2, 0.25) is 0 Å². The summed E-state index contributed by atoms with van der Waals surface area (Å²) in [5, 5.41) is 10.6. The fourth-order valence-corrected chi connectivity index (χ4v) is 12.7. The molecule has 0 aliphatic carbocycles. The van der Waals surface area contributed by atoms with Crippen LogP contribution in [0.4, 0.5) is 0 Å². The average Bonchev–Trinajstić information content (AvgIpc) is 3.21. The highest BCUT2D eigenvalue weighted by molar-refractivity contribution is 7.47. The molecular weight excluding hydrogens is 1220 g/mol. The SMILES string of the molecule is CCC(C)CCCCCCCCCCCCCCCCC(=O)O[C@H](COC(=O)CCCCCCCCCCCCC(C)C)COP(=O)(O)OCC(O)COP(=O)(O)OC[C@@H](COC(=O)CCCCCCCCCC(C)C)OC(=O)CCCCCCCCCCC(C)CC. The van der Waals surface area contributed by atoms with Crippen molar-refractivity contribution in [3.63, 3.8) is 0 Å². The van der Waals surface area contributed by atoms with E-state index < -0.39 is 97.5 Å². The van der Waals surface area contributed by atoms with E-state index in [2.05, 4.69) is 55.4 Å². The lowest BCUT2D eigenvalue weighted by Crippen LogP contribution is -2.30. The number of hydrogen-bond donors (Lipinski definition) is 3. The summed E-state index contributed by atoms with van der Waals surface area (Å²) in [5.74, 6) is 0.953. The molecule has 0 bridgehead atoms. The van der Waals surface area contributed by atoms with E-state index in [4.69, 9.17) is 37.0 Å². The zero-order chi connectivity index (χ0) is 68.9. The van der Waals surface area contributed by atoms with Crippen molar-refractivity contribution in [2.75, 3.05) is 39.6 Å². The first-order valence-electron chi connectivity index (χ1n) is 38.3. The third-order valence-corrected chi connectivity index (χ3v) is 19.7. The van der Waals surface area contributed by atoms with E-state index in [0.29, 0.717) is 31.6 Å². The van der Waals surface area contributed by atoms with Crippen molar-refractivity contribution in [3.8, 4) is 0 Å². The summed E-state index contributed by atoms with van der Waals surface area (Å²) in [4.78, 5) is 72.7. The van der Waals surface area contributed by atoms with Crippen LogP contribution in [0, 0.1) is 23.7 Å². The highest BCUT2D eigenvalue weighted by Crippen LogP contribution is 2.45. The minimum atomic E-state index is -4.96. The van der Waals surface area contributed by atoms with E-state index in [1.54, 1.807) is 0 Å². The Morgan fingerprint density at radius 3 is 0.763 bits per heavy atom. The number of carbonyl (C=O) groups excluding carboxylic acids is 4. The van der Waals surface area contributed by atoms with Crippen LogP contribution in [-0.2, 0) is 65.4 Å². The van der Waals surface area contributed by atoms with Gasteiger partial charge in [-0.25, -0.2) is 9.13 Å². The van der Waals surface area contributed by atoms with E-state index in [1.165, 1.54) is 167 Å². The number of hydrogen-bond acceptors (Lipinski definition) is 15. The van der Waals surface area contributed by atoms with Gasteiger partial charge in [-0.2, -0.15) is 0 Å². The lowest BCUT2D eigenvalue weighted by molar-refractivity contribution is -0.161. The van der Waals surface area contributed by atoms with Gasteiger partial charge in [-0.15, -0.1) is 0 Å². The summed E-state index contributed by atoms with van der Waals surface area (Å²) in [6, 6.07) is 0. The van der Waals surface area contributed by atoms with Crippen LogP contribution in [-0.4, -0.2) is 96.7 Å². The zero-order valence-corrected chi connectivity index (χ0v) is 62.7. The second-order valence-electron chi connectivity index (χ2n) is 28.1. The standard InChI is InChI=1S/C74H144O17P2/c1-9-66(7)52-44-36-28-20-15-13-11-12-14-16-22-31-40-48-56-73(78)90-69(60-84-71(76)54-46-38-30-21-18-17-19-26-34-42-50-64(3)4)62-88-92(80,81)86-58-68(75)59-87-93(82,83)89-63-70(61-85-72(77)55-47-39-33-25-27-35-43-51-65(5)6)91-74(79)57-49-41-32-24-23-29-37-45-53-67(8)10-2/h64-70,75H,9-63H2,1-8H3,(H,80,81)(H,82,83)/t66?,67?,68?,69-,70-/m1/s1. The Morgan fingerprint density at radius 1 is 0.301 bits per heavy atom. The van der Waals surface area contributed by atoms with Crippen LogP contribution in [0.25, 0.3) is 0 Å². The van der Waals surface area contributed by atoms with E-state index in [9.17, 15) is 43.2 Å². The Labute approximate surface area is 568 Å². The predicted molar refractivity (Wildman–Crippen MR) is 377 cm³/mol. The second-order valence-corrected chi connectivity index (χ2v) is 31.0. The molecule has 0 fully saturated rings. The summed E-state index contributed by atoms with van der Waals surface area (Å²) < 4.78 is 68.4. The van der Waals surface area contributed by atoms with Crippen LogP contribution in [0.3, 0.4) is 0 Å². The maximum Gasteiger partial charge on any atom is 0.472 e. The molecule has 0 heterocycles. The lowest BCUT2D eigenvalue weighted by Gasteiger charge is -2.21. The van der Waals surface area contributed by atoms with Gasteiger partial charge in [-0.05, 0) is 49.4 Å². The van der Waals surface area contributed by atoms with E-state index in [1.807, 2.05) is 0 Å². The summed E-state index contributed by atoms with van der Waals surface area (Å²) >= 11 is 0. The molecule has 93 heavy (non-hydrogen) atoms. The number of esters is 4. The number of aliphatic hydroxyl groups excluding tert-OH is 1. The Kier molecular flexibility index (Phi) is 62.2. The number of aliphatic hydroxyl groups is 1. The third kappa shape index (κ3) is 65.8. The molecule has 0 aromatic heterocycles. The van der Waals surface area contributed by atoms with Crippen molar-refractivity contribution >= 4 is 39.5 Å². The largest absolute Gasteiger partial charge is 0.472 e. The van der Waals surface area contributed by atoms with Gasteiger partial charge in [-0.3, -0.25) is 37.3 Å². The van der Waals surface area contributed by atoms with Crippen LogP contribution in [0.1, 0.15) is 370 Å². The van der Waals surface area contributed by atoms with E-state index >= 15 is 0 Å². The molecule has 3 N–H and O–H groups in total. The third-order valence-electron chi connectivity index (χ3n) is 17.8. The molecule has 5 unspecified atom stereocenters. The summed E-state index contributed by atoms with van der Waals surface area (Å²) in [6.45, 7) is 14.2. The molecule has 0 aromatic rings. The smallest absolute Gasteiger partial charge is 0.462 e. The van der Waals surface area contributed by atoms with Crippen molar-refractivity contribution in [2.24, 2.45) is 23.7 Å². The Morgan fingerprint density at radius 2 is 0.516 bits per heavy atom. The molecular formula is C74H144O17P2. The first-order valence-corrected chi connectivity index (χ1v) is 41.3. The molecule has 17 nitrogen and oxygen atoms in total. The molecule has 0 aliphatic rings. The van der Waals surface area contributed by atoms with Crippen molar-refractivity contribution in [1.29, 1.82) is 0 Å². The Balaban J connectivity index is 5.25. The molecule has 0 saturated heterocycles. The normalized spacial score (nSPS) is 14.8. The monoisotopic (exact) mass is 1370 g/mol.